The van der Waals surface area contributed by atoms with Crippen LogP contribution in [0, 0.1) is 0 Å². The van der Waals surface area contributed by atoms with Gasteiger partial charge in [-0.1, -0.05) is 100 Å². The molecule has 2 aliphatic rings. The van der Waals surface area contributed by atoms with Gasteiger partial charge < -0.3 is 19.6 Å². The van der Waals surface area contributed by atoms with Gasteiger partial charge >= 0.3 is 12.4 Å². The van der Waals surface area contributed by atoms with Crippen molar-refractivity contribution in [3.8, 4) is 22.3 Å². The van der Waals surface area contributed by atoms with Gasteiger partial charge in [0, 0.05) is 99.3 Å². The van der Waals surface area contributed by atoms with Gasteiger partial charge in [-0.2, -0.15) is 26.3 Å². The van der Waals surface area contributed by atoms with Crippen molar-refractivity contribution in [3.63, 3.8) is 0 Å². The summed E-state index contributed by atoms with van der Waals surface area (Å²) in [5.74, 6) is -1.68. The van der Waals surface area contributed by atoms with E-state index in [1.807, 2.05) is 27.7 Å². The van der Waals surface area contributed by atoms with Gasteiger partial charge in [-0.3, -0.25) is 19.2 Å². The first-order valence-electron chi connectivity index (χ1n) is 21.5. The molecule has 8 nitrogen and oxygen atoms in total. The highest BCUT2D eigenvalue weighted by Crippen LogP contribution is 2.52. The third kappa shape index (κ3) is 11.2. The number of piperazine rings is 2. The predicted octanol–water partition coefficient (Wildman–Crippen LogP) is 10.9. The van der Waals surface area contributed by atoms with Crippen LogP contribution in [-0.4, -0.2) is 95.6 Å². The first-order chi connectivity index (χ1) is 30.7. The summed E-state index contributed by atoms with van der Waals surface area (Å²) in [6, 6.07) is 18.2. The van der Waals surface area contributed by atoms with Crippen LogP contribution in [0.25, 0.3) is 34.4 Å². The number of hydrogen-bond acceptors (Lipinski definition) is 5. The lowest BCUT2D eigenvalue weighted by atomic mass is 9.87. The van der Waals surface area contributed by atoms with E-state index < -0.39 is 45.1 Å². The van der Waals surface area contributed by atoms with Crippen LogP contribution in [0.3, 0.4) is 0 Å². The Morgan fingerprint density at radius 3 is 1.14 bits per heavy atom. The van der Waals surface area contributed by atoms with Crippen molar-refractivity contribution in [2.24, 2.45) is 0 Å². The monoisotopic (exact) mass is 918 g/mol. The Bertz CT molecular complexity index is 2330. The van der Waals surface area contributed by atoms with Gasteiger partial charge in [0.05, 0.1) is 11.1 Å². The Balaban J connectivity index is 1.52. The molecule has 0 atom stereocenters. The summed E-state index contributed by atoms with van der Waals surface area (Å²) in [6.07, 6.45) is -5.16. The zero-order chi connectivity index (χ0) is 47.4. The number of nitrogens with zero attached hydrogens (tertiary/aromatic N) is 4. The fourth-order valence-electron chi connectivity index (χ4n) is 8.38. The first kappa shape index (κ1) is 48.6. The van der Waals surface area contributed by atoms with Crippen molar-refractivity contribution < 1.29 is 45.5 Å². The number of hydrogen-bond donors (Lipinski definition) is 0. The molecule has 0 aromatic heterocycles. The fourth-order valence-corrected chi connectivity index (χ4v) is 9.53. The van der Waals surface area contributed by atoms with Gasteiger partial charge in [0.15, 0.2) is 0 Å². The van der Waals surface area contributed by atoms with E-state index in [0.717, 1.165) is 12.1 Å². The molecule has 344 valence electrons. The SMILES string of the molecule is CC(=O)N1CCN(C(=O)C=Cc2ccc(Sc3ccc(C=CC(=O)N4CCN(C(C)=O)CC4)c(-c4ccccc4C(C)C)c3C(F)(F)F)c(C(F)(F)F)c2-c2ccccc2C(C)C)CC1. The maximum Gasteiger partial charge on any atom is 0.418 e. The highest BCUT2D eigenvalue weighted by molar-refractivity contribution is 7.99. The van der Waals surface area contributed by atoms with Crippen LogP contribution in [0.15, 0.2) is 94.7 Å². The molecule has 15 heteroatoms. The van der Waals surface area contributed by atoms with E-state index in [4.69, 9.17) is 0 Å². The van der Waals surface area contributed by atoms with Crippen molar-refractivity contribution in [2.45, 2.75) is 75.5 Å². The van der Waals surface area contributed by atoms with Crippen molar-refractivity contribution in [3.05, 3.63) is 118 Å². The van der Waals surface area contributed by atoms with Crippen LogP contribution >= 0.6 is 11.8 Å². The van der Waals surface area contributed by atoms with Crippen LogP contribution in [-0.2, 0) is 31.5 Å². The van der Waals surface area contributed by atoms with E-state index in [1.54, 1.807) is 58.3 Å². The second kappa shape index (κ2) is 20.1. The van der Waals surface area contributed by atoms with Crippen molar-refractivity contribution in [1.29, 1.82) is 0 Å². The van der Waals surface area contributed by atoms with E-state index >= 15 is 26.3 Å². The molecule has 65 heavy (non-hydrogen) atoms. The lowest BCUT2D eigenvalue weighted by molar-refractivity contribution is -0.139. The summed E-state index contributed by atoms with van der Waals surface area (Å²) >= 11 is 0.354. The van der Waals surface area contributed by atoms with E-state index in [1.165, 1.54) is 60.1 Å². The molecule has 2 fully saturated rings. The molecule has 2 heterocycles. The summed E-state index contributed by atoms with van der Waals surface area (Å²) in [6.45, 7) is 12.4. The Morgan fingerprint density at radius 1 is 0.508 bits per heavy atom. The quantitative estimate of drug-likeness (QED) is 0.117. The van der Waals surface area contributed by atoms with E-state index in [9.17, 15) is 19.2 Å². The maximum atomic E-state index is 15.8. The highest BCUT2D eigenvalue weighted by Gasteiger charge is 2.42. The standard InChI is InChI=1S/C50H52F6N4O4S/c1-31(2)37-11-7-9-13-39(37)45-35(17-21-43(63)59-27-23-57(24-28-59)33(5)61)15-19-41(47(45)49(51,52)53)65-42-20-16-36(18-22-44(64)60-29-25-58(26-30-60)34(6)62)46(48(42)50(54,55)56)40-14-10-8-12-38(40)32(3)4/h7-22,31-32H,23-30H2,1-6H3. The van der Waals surface area contributed by atoms with Crippen LogP contribution in [0.4, 0.5) is 26.3 Å². The molecule has 4 aromatic rings. The summed E-state index contributed by atoms with van der Waals surface area (Å²) in [4.78, 5) is 55.7. The molecule has 0 unspecified atom stereocenters. The number of amides is 4. The number of halogens is 6. The second-order valence-corrected chi connectivity index (χ2v) is 17.8. The molecular formula is C50H52F6N4O4S. The van der Waals surface area contributed by atoms with Crippen LogP contribution < -0.4 is 0 Å². The third-order valence-electron chi connectivity index (χ3n) is 11.8. The number of carbonyl (C=O) groups excluding carboxylic acids is 4. The van der Waals surface area contributed by atoms with E-state index in [2.05, 4.69) is 0 Å². The summed E-state index contributed by atoms with van der Waals surface area (Å²) in [7, 11) is 0. The smallest absolute Gasteiger partial charge is 0.339 e. The molecule has 0 radical (unpaired) electrons. The number of carbonyl (C=O) groups is 4. The molecule has 4 amide bonds. The Morgan fingerprint density at radius 2 is 0.831 bits per heavy atom. The molecule has 6 rings (SSSR count). The minimum atomic E-state index is -5.08. The molecule has 0 bridgehead atoms. The minimum absolute atomic E-state index is 0.0425. The zero-order valence-electron chi connectivity index (χ0n) is 37.1. The Labute approximate surface area is 380 Å². The predicted molar refractivity (Wildman–Crippen MR) is 242 cm³/mol. The lowest BCUT2D eigenvalue weighted by Crippen LogP contribution is -2.49. The summed E-state index contributed by atoms with van der Waals surface area (Å²) in [5.41, 5.74) is -1.22. The van der Waals surface area contributed by atoms with Crippen LogP contribution in [0.2, 0.25) is 0 Å². The zero-order valence-corrected chi connectivity index (χ0v) is 38.0. The fraction of sp³-hybridized carbons (Fsp3) is 0.360. The van der Waals surface area contributed by atoms with E-state index in [0.29, 0.717) is 49.1 Å². The third-order valence-corrected chi connectivity index (χ3v) is 12.9. The number of benzene rings is 4. The summed E-state index contributed by atoms with van der Waals surface area (Å²) < 4.78 is 95.1. The van der Waals surface area contributed by atoms with E-state index in [-0.39, 0.29) is 83.2 Å². The molecule has 2 aliphatic heterocycles. The number of rotatable bonds is 10. The molecule has 0 saturated carbocycles. The molecule has 4 aromatic carbocycles. The molecule has 2 saturated heterocycles. The average molecular weight is 919 g/mol. The van der Waals surface area contributed by atoms with Gasteiger partial charge in [-0.05, 0) is 69.5 Å². The number of alkyl halides is 6. The molecular weight excluding hydrogens is 867 g/mol. The minimum Gasteiger partial charge on any atom is -0.339 e. The lowest BCUT2D eigenvalue weighted by Gasteiger charge is -2.33. The van der Waals surface area contributed by atoms with Crippen molar-refractivity contribution in [1.82, 2.24) is 19.6 Å². The topological polar surface area (TPSA) is 81.2 Å². The van der Waals surface area contributed by atoms with Gasteiger partial charge in [0.25, 0.3) is 0 Å². The first-order valence-corrected chi connectivity index (χ1v) is 22.3. The molecule has 0 N–H and O–H groups in total. The molecule has 0 aliphatic carbocycles. The molecule has 0 spiro atoms. The Kier molecular flexibility index (Phi) is 15.1. The largest absolute Gasteiger partial charge is 0.418 e. The van der Waals surface area contributed by atoms with Crippen molar-refractivity contribution in [2.75, 3.05) is 52.4 Å². The average Bonchev–Trinajstić information content (AvgIpc) is 3.26. The van der Waals surface area contributed by atoms with Gasteiger partial charge in [-0.25, -0.2) is 0 Å². The van der Waals surface area contributed by atoms with Crippen molar-refractivity contribution >= 4 is 47.5 Å². The van der Waals surface area contributed by atoms with Gasteiger partial charge in [0.2, 0.25) is 23.6 Å². The van der Waals surface area contributed by atoms with Crippen LogP contribution in [0.1, 0.15) is 86.8 Å². The van der Waals surface area contributed by atoms with Crippen LogP contribution in [0.5, 0.6) is 0 Å². The normalized spacial score (nSPS) is 15.2. The van der Waals surface area contributed by atoms with Gasteiger partial charge in [0.1, 0.15) is 0 Å². The summed E-state index contributed by atoms with van der Waals surface area (Å²) in [5, 5.41) is 0. The Hall–Kier alpha value is -5.83. The maximum absolute atomic E-state index is 15.8. The second-order valence-electron chi connectivity index (χ2n) is 16.7. The highest BCUT2D eigenvalue weighted by atomic mass is 32.2. The van der Waals surface area contributed by atoms with Gasteiger partial charge in [-0.15, -0.1) is 0 Å².